The number of hydrogen-bond acceptors (Lipinski definition) is 3. The van der Waals surface area contributed by atoms with Crippen LogP contribution in [0.5, 0.6) is 0 Å². The summed E-state index contributed by atoms with van der Waals surface area (Å²) in [5, 5.41) is 2.95. The zero-order valence-electron chi connectivity index (χ0n) is 15.1. The third-order valence-electron chi connectivity index (χ3n) is 4.77. The average Bonchev–Trinajstić information content (AvgIpc) is 2.61. The minimum Gasteiger partial charge on any atom is -0.348 e. The van der Waals surface area contributed by atoms with Crippen LogP contribution >= 0.6 is 0 Å². The van der Waals surface area contributed by atoms with Crippen molar-refractivity contribution in [2.24, 2.45) is 11.8 Å². The number of benzene rings is 1. The van der Waals surface area contributed by atoms with Crippen LogP contribution in [0, 0.1) is 11.8 Å². The number of carbonyl (C=O) groups is 1. The fourth-order valence-corrected chi connectivity index (χ4v) is 3.73. The molecule has 1 aliphatic heterocycles. The van der Waals surface area contributed by atoms with Gasteiger partial charge in [-0.3, -0.25) is 14.7 Å². The van der Waals surface area contributed by atoms with E-state index in [0.717, 1.165) is 23.9 Å². The number of carbonyl (C=O) groups excluding carboxylic acids is 1. The van der Waals surface area contributed by atoms with E-state index in [-0.39, 0.29) is 5.91 Å². The Hall–Kier alpha value is -2.20. The normalized spacial score (nSPS) is 21.0. The Balaban J connectivity index is 1.51. The topological polar surface area (TPSA) is 45.2 Å². The molecule has 0 radical (unpaired) electrons. The fraction of sp³-hybridized carbons (Fsp3) is 0.429. The van der Waals surface area contributed by atoms with Crippen LogP contribution in [0.1, 0.15) is 41.8 Å². The second-order valence-electron chi connectivity index (χ2n) is 7.38. The highest BCUT2D eigenvalue weighted by Gasteiger charge is 2.21. The molecule has 2 atom stereocenters. The van der Waals surface area contributed by atoms with Crippen LogP contribution in [0.3, 0.4) is 0 Å². The molecule has 2 heterocycles. The number of piperidine rings is 1. The van der Waals surface area contributed by atoms with Gasteiger partial charge in [-0.05, 0) is 41.5 Å². The van der Waals surface area contributed by atoms with E-state index >= 15 is 0 Å². The van der Waals surface area contributed by atoms with Crippen LogP contribution < -0.4 is 5.32 Å². The lowest BCUT2D eigenvalue weighted by atomic mass is 9.91. The van der Waals surface area contributed by atoms with Gasteiger partial charge in [-0.2, -0.15) is 0 Å². The van der Waals surface area contributed by atoms with Gasteiger partial charge < -0.3 is 5.32 Å². The molecule has 2 aromatic rings. The van der Waals surface area contributed by atoms with Crippen molar-refractivity contribution < 1.29 is 4.79 Å². The Morgan fingerprint density at radius 2 is 1.64 bits per heavy atom. The van der Waals surface area contributed by atoms with E-state index in [0.29, 0.717) is 12.1 Å². The third-order valence-corrected chi connectivity index (χ3v) is 4.77. The Bertz CT molecular complexity index is 674. The highest BCUT2D eigenvalue weighted by atomic mass is 16.1. The molecule has 1 amide bonds. The molecule has 1 aromatic carbocycles. The minimum atomic E-state index is -0.0669. The Morgan fingerprint density at radius 3 is 2.28 bits per heavy atom. The Morgan fingerprint density at radius 1 is 1.04 bits per heavy atom. The van der Waals surface area contributed by atoms with Crippen molar-refractivity contribution in [2.45, 2.75) is 33.4 Å². The largest absolute Gasteiger partial charge is 0.348 e. The lowest BCUT2D eigenvalue weighted by Gasteiger charge is -2.35. The number of nitrogens with zero attached hydrogens (tertiary/aromatic N) is 2. The van der Waals surface area contributed by atoms with Gasteiger partial charge in [-0.15, -0.1) is 0 Å². The van der Waals surface area contributed by atoms with E-state index in [1.165, 1.54) is 25.1 Å². The number of nitrogens with one attached hydrogen (secondary N) is 1. The molecule has 1 fully saturated rings. The van der Waals surface area contributed by atoms with Crippen molar-refractivity contribution in [3.8, 4) is 0 Å². The predicted molar refractivity (Wildman–Crippen MR) is 100 cm³/mol. The van der Waals surface area contributed by atoms with E-state index in [1.807, 2.05) is 0 Å². The van der Waals surface area contributed by atoms with Gasteiger partial charge >= 0.3 is 0 Å². The predicted octanol–water partition coefficient (Wildman–Crippen LogP) is 3.49. The number of rotatable bonds is 5. The molecule has 1 saturated heterocycles. The first-order chi connectivity index (χ1) is 12.1. The van der Waals surface area contributed by atoms with E-state index in [2.05, 4.69) is 53.3 Å². The van der Waals surface area contributed by atoms with E-state index in [9.17, 15) is 4.79 Å². The van der Waals surface area contributed by atoms with Crippen molar-refractivity contribution in [1.82, 2.24) is 15.2 Å². The SMILES string of the molecule is CC1CC(C)CN(Cc2ccc(CNC(=O)c3ccncc3)cc2)C1. The van der Waals surface area contributed by atoms with Crippen LogP contribution in [-0.4, -0.2) is 28.9 Å². The lowest BCUT2D eigenvalue weighted by molar-refractivity contribution is 0.0951. The second kappa shape index (κ2) is 8.26. The smallest absolute Gasteiger partial charge is 0.251 e. The van der Waals surface area contributed by atoms with Gasteiger partial charge in [-0.1, -0.05) is 38.1 Å². The molecule has 0 saturated carbocycles. The van der Waals surface area contributed by atoms with Crippen LogP contribution in [0.2, 0.25) is 0 Å². The molecular weight excluding hydrogens is 310 g/mol. The Kier molecular flexibility index (Phi) is 5.82. The van der Waals surface area contributed by atoms with E-state index < -0.39 is 0 Å². The third kappa shape index (κ3) is 5.13. The van der Waals surface area contributed by atoms with E-state index in [4.69, 9.17) is 0 Å². The highest BCUT2D eigenvalue weighted by molar-refractivity contribution is 5.93. The fourth-order valence-electron chi connectivity index (χ4n) is 3.73. The maximum absolute atomic E-state index is 12.1. The van der Waals surface area contributed by atoms with Gasteiger partial charge in [0.2, 0.25) is 0 Å². The van der Waals surface area contributed by atoms with Gasteiger partial charge in [0.25, 0.3) is 5.91 Å². The molecule has 0 bridgehead atoms. The van der Waals surface area contributed by atoms with Gasteiger partial charge in [0, 0.05) is 44.1 Å². The zero-order valence-corrected chi connectivity index (χ0v) is 15.1. The summed E-state index contributed by atoms with van der Waals surface area (Å²) >= 11 is 0. The zero-order chi connectivity index (χ0) is 17.6. The summed E-state index contributed by atoms with van der Waals surface area (Å²) in [6.07, 6.45) is 4.60. The number of aromatic nitrogens is 1. The number of amides is 1. The minimum absolute atomic E-state index is 0.0669. The summed E-state index contributed by atoms with van der Waals surface area (Å²) in [6.45, 7) is 8.62. The van der Waals surface area contributed by atoms with Crippen LogP contribution in [0.25, 0.3) is 0 Å². The number of hydrogen-bond donors (Lipinski definition) is 1. The second-order valence-corrected chi connectivity index (χ2v) is 7.38. The molecule has 1 aliphatic rings. The molecule has 1 N–H and O–H groups in total. The summed E-state index contributed by atoms with van der Waals surface area (Å²) < 4.78 is 0. The van der Waals surface area contributed by atoms with Crippen LogP contribution in [0.4, 0.5) is 0 Å². The molecule has 132 valence electrons. The quantitative estimate of drug-likeness (QED) is 0.908. The first-order valence-electron chi connectivity index (χ1n) is 9.08. The highest BCUT2D eigenvalue weighted by Crippen LogP contribution is 2.22. The Labute approximate surface area is 150 Å². The summed E-state index contributed by atoms with van der Waals surface area (Å²) in [5.74, 6) is 1.50. The maximum atomic E-state index is 12.1. The molecule has 4 heteroatoms. The van der Waals surface area contributed by atoms with Crippen molar-refractivity contribution in [2.75, 3.05) is 13.1 Å². The van der Waals surface area contributed by atoms with Crippen molar-refractivity contribution in [3.05, 3.63) is 65.5 Å². The number of pyridine rings is 1. The van der Waals surface area contributed by atoms with Gasteiger partial charge in [-0.25, -0.2) is 0 Å². The van der Waals surface area contributed by atoms with Gasteiger partial charge in [0.15, 0.2) is 0 Å². The maximum Gasteiger partial charge on any atom is 0.251 e. The first-order valence-corrected chi connectivity index (χ1v) is 9.08. The van der Waals surface area contributed by atoms with Crippen molar-refractivity contribution >= 4 is 5.91 Å². The van der Waals surface area contributed by atoms with Crippen molar-refractivity contribution in [3.63, 3.8) is 0 Å². The molecule has 1 aromatic heterocycles. The summed E-state index contributed by atoms with van der Waals surface area (Å²) in [7, 11) is 0. The summed E-state index contributed by atoms with van der Waals surface area (Å²) in [4.78, 5) is 18.5. The molecule has 4 nitrogen and oxygen atoms in total. The lowest BCUT2D eigenvalue weighted by Crippen LogP contribution is -2.38. The molecular formula is C21H27N3O. The van der Waals surface area contributed by atoms with E-state index in [1.54, 1.807) is 24.5 Å². The monoisotopic (exact) mass is 337 g/mol. The summed E-state index contributed by atoms with van der Waals surface area (Å²) in [6, 6.07) is 12.0. The molecule has 3 rings (SSSR count). The summed E-state index contributed by atoms with van der Waals surface area (Å²) in [5.41, 5.74) is 3.09. The standard InChI is InChI=1S/C21H27N3O/c1-16-11-17(2)14-24(13-16)15-19-5-3-18(4-6-19)12-23-21(25)20-7-9-22-10-8-20/h3-10,16-17H,11-15H2,1-2H3,(H,23,25). The van der Waals surface area contributed by atoms with Crippen molar-refractivity contribution in [1.29, 1.82) is 0 Å². The van der Waals surface area contributed by atoms with Gasteiger partial charge in [0.05, 0.1) is 0 Å². The molecule has 2 unspecified atom stereocenters. The molecule has 0 aliphatic carbocycles. The van der Waals surface area contributed by atoms with Gasteiger partial charge in [0.1, 0.15) is 0 Å². The van der Waals surface area contributed by atoms with Crippen LogP contribution in [0.15, 0.2) is 48.8 Å². The number of likely N-dealkylation sites (tertiary alicyclic amines) is 1. The molecule has 25 heavy (non-hydrogen) atoms. The first kappa shape index (κ1) is 17.6. The average molecular weight is 337 g/mol. The van der Waals surface area contributed by atoms with Crippen LogP contribution in [-0.2, 0) is 13.1 Å². The molecule has 0 spiro atoms.